The van der Waals surface area contributed by atoms with E-state index in [0.29, 0.717) is 5.02 Å². The van der Waals surface area contributed by atoms with Crippen LogP contribution in [0.2, 0.25) is 5.02 Å². The summed E-state index contributed by atoms with van der Waals surface area (Å²) in [6.45, 7) is 0. The number of nitrogens with zero attached hydrogens (tertiary/aromatic N) is 1. The lowest BCUT2D eigenvalue weighted by Crippen LogP contribution is -2.27. The normalized spacial score (nSPS) is 17.9. The molecule has 0 unspecified atom stereocenters. The van der Waals surface area contributed by atoms with E-state index >= 15 is 0 Å². The van der Waals surface area contributed by atoms with Crippen molar-refractivity contribution in [3.05, 3.63) is 28.8 Å². The highest BCUT2D eigenvalue weighted by Gasteiger charge is 2.36. The second-order valence-corrected chi connectivity index (χ2v) is 5.08. The van der Waals surface area contributed by atoms with E-state index in [0.717, 1.165) is 37.0 Å². The molecule has 0 spiro atoms. The van der Waals surface area contributed by atoms with Gasteiger partial charge in [-0.1, -0.05) is 30.9 Å². The summed E-state index contributed by atoms with van der Waals surface area (Å²) in [5.41, 5.74) is 0.400. The van der Waals surface area contributed by atoms with Crippen LogP contribution in [-0.4, -0.2) is 13.2 Å². The van der Waals surface area contributed by atoms with Crippen molar-refractivity contribution in [2.45, 2.75) is 37.6 Å². The summed E-state index contributed by atoms with van der Waals surface area (Å²) in [6.07, 6.45) is 6.71. The van der Waals surface area contributed by atoms with Crippen LogP contribution < -0.4 is 4.74 Å². The van der Waals surface area contributed by atoms with Crippen LogP contribution in [0, 0.1) is 0 Å². The summed E-state index contributed by atoms with van der Waals surface area (Å²) in [7, 11) is 1.62. The van der Waals surface area contributed by atoms with E-state index in [1.54, 1.807) is 19.3 Å². The minimum Gasteiger partial charge on any atom is -0.496 e. The first-order chi connectivity index (χ1) is 8.72. The molecule has 0 amide bonds. The minimum absolute atomic E-state index is 0.504. The smallest absolute Gasteiger partial charge is 0.235 e. The molecule has 0 atom stereocenters. The van der Waals surface area contributed by atoms with Crippen molar-refractivity contribution in [3.8, 4) is 5.75 Å². The number of benzene rings is 1. The molecule has 0 saturated heterocycles. The third-order valence-electron chi connectivity index (χ3n) is 3.60. The maximum absolute atomic E-state index is 10.8. The summed E-state index contributed by atoms with van der Waals surface area (Å²) in [5.74, 6) is 0.736. The minimum atomic E-state index is -0.504. The lowest BCUT2D eigenvalue weighted by atomic mass is 9.77. The molecule has 1 aromatic rings. The molecule has 1 fully saturated rings. The van der Waals surface area contributed by atoms with Gasteiger partial charge in [0.2, 0.25) is 6.08 Å². The van der Waals surface area contributed by atoms with E-state index in [1.807, 2.05) is 12.1 Å². The lowest BCUT2D eigenvalue weighted by Gasteiger charge is -2.33. The van der Waals surface area contributed by atoms with Crippen molar-refractivity contribution in [3.63, 3.8) is 0 Å². The average Bonchev–Trinajstić information content (AvgIpc) is 2.40. The van der Waals surface area contributed by atoms with Crippen molar-refractivity contribution in [2.75, 3.05) is 7.11 Å². The van der Waals surface area contributed by atoms with Crippen LogP contribution in [0.1, 0.15) is 37.7 Å². The summed E-state index contributed by atoms with van der Waals surface area (Å²) < 4.78 is 5.38. The molecule has 0 aromatic heterocycles. The summed E-state index contributed by atoms with van der Waals surface area (Å²) in [6, 6.07) is 5.46. The van der Waals surface area contributed by atoms with E-state index < -0.39 is 5.54 Å². The number of carbonyl (C=O) groups excluding carboxylic acids is 1. The molecule has 2 rings (SSSR count). The van der Waals surface area contributed by atoms with Gasteiger partial charge in [-0.3, -0.25) is 0 Å². The molecule has 0 radical (unpaired) electrons. The molecular formula is C14H16ClNO2. The monoisotopic (exact) mass is 265 g/mol. The summed E-state index contributed by atoms with van der Waals surface area (Å²) in [4.78, 5) is 14.9. The fourth-order valence-electron chi connectivity index (χ4n) is 2.71. The number of hydrogen-bond donors (Lipinski definition) is 0. The van der Waals surface area contributed by atoms with Gasteiger partial charge < -0.3 is 4.74 Å². The maximum Gasteiger partial charge on any atom is 0.235 e. The molecular weight excluding hydrogens is 250 g/mol. The van der Waals surface area contributed by atoms with Gasteiger partial charge in [-0.05, 0) is 31.0 Å². The van der Waals surface area contributed by atoms with Crippen LogP contribution in [0.15, 0.2) is 23.2 Å². The van der Waals surface area contributed by atoms with E-state index in [9.17, 15) is 4.79 Å². The fourth-order valence-corrected chi connectivity index (χ4v) is 2.88. The molecule has 3 nitrogen and oxygen atoms in total. The van der Waals surface area contributed by atoms with Gasteiger partial charge in [0.1, 0.15) is 11.3 Å². The van der Waals surface area contributed by atoms with E-state index in [1.165, 1.54) is 6.42 Å². The van der Waals surface area contributed by atoms with Gasteiger partial charge in [-0.15, -0.1) is 0 Å². The number of ether oxygens (including phenoxy) is 1. The zero-order valence-electron chi connectivity index (χ0n) is 10.4. The maximum atomic E-state index is 10.8. The molecule has 1 aliphatic carbocycles. The molecule has 0 N–H and O–H groups in total. The standard InChI is InChI=1S/C14H16ClNO2/c1-18-13-6-5-11(15)9-12(13)14(16-10-17)7-3-2-4-8-14/h5-6,9H,2-4,7-8H2,1H3. The first kappa shape index (κ1) is 13.1. The first-order valence-corrected chi connectivity index (χ1v) is 6.53. The van der Waals surface area contributed by atoms with Crippen LogP contribution in [0.3, 0.4) is 0 Å². The number of halogens is 1. The fraction of sp³-hybridized carbons (Fsp3) is 0.500. The largest absolute Gasteiger partial charge is 0.496 e. The van der Waals surface area contributed by atoms with Gasteiger partial charge in [0.05, 0.1) is 7.11 Å². The van der Waals surface area contributed by atoms with Crippen molar-refractivity contribution >= 4 is 17.7 Å². The number of rotatable bonds is 3. The zero-order valence-corrected chi connectivity index (χ0v) is 11.2. The Morgan fingerprint density at radius 3 is 2.67 bits per heavy atom. The van der Waals surface area contributed by atoms with Crippen LogP contribution in [-0.2, 0) is 10.3 Å². The second-order valence-electron chi connectivity index (χ2n) is 4.64. The molecule has 1 aliphatic rings. The average molecular weight is 266 g/mol. The Morgan fingerprint density at radius 2 is 2.06 bits per heavy atom. The van der Waals surface area contributed by atoms with E-state index in [2.05, 4.69) is 4.99 Å². The van der Waals surface area contributed by atoms with Gasteiger partial charge in [0, 0.05) is 10.6 Å². The predicted octanol–water partition coefficient (Wildman–Crippen LogP) is 3.84. The third kappa shape index (κ3) is 2.43. The van der Waals surface area contributed by atoms with Gasteiger partial charge in [0.15, 0.2) is 0 Å². The molecule has 0 aliphatic heterocycles. The summed E-state index contributed by atoms with van der Waals surface area (Å²) in [5, 5.41) is 0.636. The zero-order chi connectivity index (χ0) is 13.0. The van der Waals surface area contributed by atoms with Crippen molar-refractivity contribution in [2.24, 2.45) is 4.99 Å². The molecule has 1 saturated carbocycles. The Labute approximate surface area is 112 Å². The number of aliphatic imine (C=N–C) groups is 1. The van der Waals surface area contributed by atoms with Crippen molar-refractivity contribution in [1.82, 2.24) is 0 Å². The Bertz CT molecular complexity index is 475. The highest BCUT2D eigenvalue weighted by atomic mass is 35.5. The van der Waals surface area contributed by atoms with E-state index in [-0.39, 0.29) is 0 Å². The summed E-state index contributed by atoms with van der Waals surface area (Å²) >= 11 is 6.06. The molecule has 0 bridgehead atoms. The first-order valence-electron chi connectivity index (χ1n) is 6.15. The molecule has 18 heavy (non-hydrogen) atoms. The quantitative estimate of drug-likeness (QED) is 0.615. The molecule has 0 heterocycles. The second kappa shape index (κ2) is 5.55. The van der Waals surface area contributed by atoms with Crippen molar-refractivity contribution < 1.29 is 9.53 Å². The predicted molar refractivity (Wildman–Crippen MR) is 70.9 cm³/mol. The van der Waals surface area contributed by atoms with Crippen LogP contribution in [0.25, 0.3) is 0 Å². The molecule has 1 aromatic carbocycles. The van der Waals surface area contributed by atoms with Gasteiger partial charge in [0.25, 0.3) is 0 Å². The number of methoxy groups -OCH3 is 1. The topological polar surface area (TPSA) is 38.7 Å². The number of isocyanates is 1. The number of hydrogen-bond acceptors (Lipinski definition) is 3. The van der Waals surface area contributed by atoms with Gasteiger partial charge >= 0.3 is 0 Å². The lowest BCUT2D eigenvalue weighted by molar-refractivity contribution is 0.290. The van der Waals surface area contributed by atoms with Crippen LogP contribution in [0.5, 0.6) is 5.75 Å². The van der Waals surface area contributed by atoms with Crippen molar-refractivity contribution in [1.29, 1.82) is 0 Å². The van der Waals surface area contributed by atoms with Gasteiger partial charge in [-0.25, -0.2) is 4.79 Å². The Morgan fingerprint density at radius 1 is 1.33 bits per heavy atom. The van der Waals surface area contributed by atoms with Gasteiger partial charge in [-0.2, -0.15) is 4.99 Å². The molecule has 96 valence electrons. The Balaban J connectivity index is 2.53. The third-order valence-corrected chi connectivity index (χ3v) is 3.84. The Kier molecular flexibility index (Phi) is 4.05. The molecule has 4 heteroatoms. The highest BCUT2D eigenvalue weighted by Crippen LogP contribution is 2.44. The van der Waals surface area contributed by atoms with Crippen LogP contribution >= 0.6 is 11.6 Å². The Hall–Kier alpha value is -1.31. The highest BCUT2D eigenvalue weighted by molar-refractivity contribution is 6.30. The van der Waals surface area contributed by atoms with E-state index in [4.69, 9.17) is 16.3 Å². The SMILES string of the molecule is COc1ccc(Cl)cc1C1(N=C=O)CCCCC1. The van der Waals surface area contributed by atoms with Crippen LogP contribution in [0.4, 0.5) is 0 Å².